The van der Waals surface area contributed by atoms with Gasteiger partial charge in [-0.3, -0.25) is 14.3 Å². The van der Waals surface area contributed by atoms with E-state index in [1.807, 2.05) is 43.3 Å². The molecule has 5 nitrogen and oxygen atoms in total. The number of carboxylic acid groups (broad SMARTS) is 1. The number of rotatable bonds is 7. The molecule has 0 aliphatic rings. The van der Waals surface area contributed by atoms with Crippen LogP contribution in [-0.2, 0) is 11.3 Å². The Morgan fingerprint density at radius 2 is 1.79 bits per heavy atom. The van der Waals surface area contributed by atoms with Crippen LogP contribution in [0.4, 0.5) is 0 Å². The highest BCUT2D eigenvalue weighted by Gasteiger charge is 2.11. The van der Waals surface area contributed by atoms with Crippen molar-refractivity contribution in [3.05, 3.63) is 82.0 Å². The quantitative estimate of drug-likeness (QED) is 0.416. The number of ketones is 1. The largest absolute Gasteiger partial charge is 0.481 e. The summed E-state index contributed by atoms with van der Waals surface area (Å²) in [6.45, 7) is 2.27. The summed E-state index contributed by atoms with van der Waals surface area (Å²) in [6, 6.07) is 15.1. The predicted octanol–water partition coefficient (Wildman–Crippen LogP) is 4.99. The van der Waals surface area contributed by atoms with Crippen LogP contribution in [0.5, 0.6) is 0 Å². The molecule has 0 bridgehead atoms. The first kappa shape index (κ1) is 19.8. The molecule has 1 aromatic heterocycles. The highest BCUT2D eigenvalue weighted by atomic mass is 79.9. The van der Waals surface area contributed by atoms with Gasteiger partial charge in [0.2, 0.25) is 0 Å². The Kier molecular flexibility index (Phi) is 6.21. The van der Waals surface area contributed by atoms with Crippen LogP contribution in [0.25, 0.3) is 17.3 Å². The summed E-state index contributed by atoms with van der Waals surface area (Å²) in [5.74, 6) is -0.990. The average molecular weight is 439 g/mol. The van der Waals surface area contributed by atoms with E-state index < -0.39 is 5.97 Å². The minimum Gasteiger partial charge on any atom is -0.481 e. The molecule has 0 amide bonds. The molecular weight excluding hydrogens is 420 g/mol. The lowest BCUT2D eigenvalue weighted by atomic mass is 10.0. The van der Waals surface area contributed by atoms with Crippen LogP contribution >= 0.6 is 15.9 Å². The van der Waals surface area contributed by atoms with Crippen LogP contribution in [0.3, 0.4) is 0 Å². The number of halogens is 1. The number of nitrogens with zero attached hydrogens (tertiary/aromatic N) is 2. The summed E-state index contributed by atoms with van der Waals surface area (Å²) >= 11 is 3.36. The first-order chi connectivity index (χ1) is 13.4. The zero-order valence-corrected chi connectivity index (χ0v) is 16.9. The van der Waals surface area contributed by atoms with Crippen molar-refractivity contribution in [2.24, 2.45) is 0 Å². The Bertz CT molecular complexity index is 1020. The zero-order valence-electron chi connectivity index (χ0n) is 15.3. The van der Waals surface area contributed by atoms with Crippen molar-refractivity contribution >= 4 is 33.8 Å². The van der Waals surface area contributed by atoms with E-state index in [-0.39, 0.29) is 18.7 Å². The van der Waals surface area contributed by atoms with E-state index in [1.54, 1.807) is 29.1 Å². The number of carbonyl (C=O) groups is 2. The normalized spacial score (nSPS) is 11.1. The van der Waals surface area contributed by atoms with E-state index in [2.05, 4.69) is 21.0 Å². The van der Waals surface area contributed by atoms with Gasteiger partial charge in [-0.05, 0) is 43.3 Å². The Hall–Kier alpha value is -2.99. The van der Waals surface area contributed by atoms with Crippen molar-refractivity contribution < 1.29 is 14.7 Å². The fourth-order valence-electron chi connectivity index (χ4n) is 2.70. The molecule has 0 radical (unpaired) electrons. The molecule has 0 saturated heterocycles. The summed E-state index contributed by atoms with van der Waals surface area (Å²) in [5.41, 5.74) is 4.12. The molecule has 0 aliphatic carbocycles. The molecule has 0 aliphatic heterocycles. The first-order valence-corrected chi connectivity index (χ1v) is 9.56. The number of allylic oxidation sites excluding steroid dienone is 1. The maximum absolute atomic E-state index is 12.4. The third-order valence-electron chi connectivity index (χ3n) is 4.21. The maximum Gasteiger partial charge on any atom is 0.305 e. The van der Waals surface area contributed by atoms with Crippen LogP contribution in [0.1, 0.15) is 27.9 Å². The topological polar surface area (TPSA) is 72.2 Å². The average Bonchev–Trinajstić information content (AvgIpc) is 3.09. The Morgan fingerprint density at radius 1 is 1.11 bits per heavy atom. The lowest BCUT2D eigenvalue weighted by Gasteiger charge is -2.00. The monoisotopic (exact) mass is 438 g/mol. The summed E-state index contributed by atoms with van der Waals surface area (Å²) in [5, 5.41) is 13.4. The van der Waals surface area contributed by atoms with Gasteiger partial charge < -0.3 is 5.11 Å². The molecule has 0 saturated carbocycles. The van der Waals surface area contributed by atoms with E-state index >= 15 is 0 Å². The van der Waals surface area contributed by atoms with E-state index in [0.717, 1.165) is 21.2 Å². The summed E-state index contributed by atoms with van der Waals surface area (Å²) in [4.78, 5) is 23.3. The van der Waals surface area contributed by atoms with E-state index in [4.69, 9.17) is 5.11 Å². The molecule has 1 heterocycles. The van der Waals surface area contributed by atoms with Gasteiger partial charge in [0.25, 0.3) is 0 Å². The van der Waals surface area contributed by atoms with Crippen LogP contribution < -0.4 is 0 Å². The molecule has 2 aromatic carbocycles. The molecule has 3 aromatic rings. The van der Waals surface area contributed by atoms with E-state index in [1.165, 1.54) is 6.08 Å². The van der Waals surface area contributed by atoms with E-state index in [0.29, 0.717) is 11.3 Å². The molecule has 3 rings (SSSR count). The van der Waals surface area contributed by atoms with Crippen molar-refractivity contribution in [3.63, 3.8) is 0 Å². The van der Waals surface area contributed by atoms with E-state index in [9.17, 15) is 9.59 Å². The SMILES string of the molecule is Cc1ccc(-c2nn(CCC(=O)O)cc2/C=C/C(=O)c2ccc(Br)cc2)cc1. The number of carbonyl (C=O) groups excluding carboxylic acids is 1. The molecule has 142 valence electrons. The molecule has 0 spiro atoms. The number of benzene rings is 2. The van der Waals surface area contributed by atoms with Crippen LogP contribution in [0, 0.1) is 6.92 Å². The van der Waals surface area contributed by atoms with Crippen molar-refractivity contribution in [1.82, 2.24) is 9.78 Å². The minimum atomic E-state index is -0.880. The van der Waals surface area contributed by atoms with Gasteiger partial charge in [0, 0.05) is 27.4 Å². The van der Waals surface area contributed by atoms with Gasteiger partial charge in [0.1, 0.15) is 0 Å². The second-order valence-electron chi connectivity index (χ2n) is 6.41. The fraction of sp³-hybridized carbons (Fsp3) is 0.136. The third kappa shape index (κ3) is 5.04. The lowest BCUT2D eigenvalue weighted by molar-refractivity contribution is -0.137. The predicted molar refractivity (Wildman–Crippen MR) is 112 cm³/mol. The summed E-state index contributed by atoms with van der Waals surface area (Å²) in [6.07, 6.45) is 4.99. The molecule has 1 N–H and O–H groups in total. The molecular formula is C22H19BrN2O3. The van der Waals surface area contributed by atoms with Gasteiger partial charge in [0.05, 0.1) is 18.7 Å². The Morgan fingerprint density at radius 3 is 2.43 bits per heavy atom. The number of carboxylic acids is 1. The highest BCUT2D eigenvalue weighted by Crippen LogP contribution is 2.24. The third-order valence-corrected chi connectivity index (χ3v) is 4.74. The summed E-state index contributed by atoms with van der Waals surface area (Å²) in [7, 11) is 0. The van der Waals surface area contributed by atoms with Crippen LogP contribution in [0.15, 0.2) is 65.3 Å². The van der Waals surface area contributed by atoms with Crippen LogP contribution in [-0.4, -0.2) is 26.6 Å². The van der Waals surface area contributed by atoms with Crippen LogP contribution in [0.2, 0.25) is 0 Å². The number of hydrogen-bond donors (Lipinski definition) is 1. The molecule has 6 heteroatoms. The second-order valence-corrected chi connectivity index (χ2v) is 7.33. The zero-order chi connectivity index (χ0) is 20.1. The number of hydrogen-bond acceptors (Lipinski definition) is 3. The number of aromatic nitrogens is 2. The number of aliphatic carboxylic acids is 1. The molecule has 0 fully saturated rings. The number of aryl methyl sites for hydroxylation is 2. The van der Waals surface area contributed by atoms with Crippen molar-refractivity contribution in [1.29, 1.82) is 0 Å². The lowest BCUT2D eigenvalue weighted by Crippen LogP contribution is -2.04. The van der Waals surface area contributed by atoms with Gasteiger partial charge in [-0.1, -0.05) is 45.8 Å². The van der Waals surface area contributed by atoms with Crippen molar-refractivity contribution in [2.75, 3.05) is 0 Å². The molecule has 28 heavy (non-hydrogen) atoms. The highest BCUT2D eigenvalue weighted by molar-refractivity contribution is 9.10. The van der Waals surface area contributed by atoms with Gasteiger partial charge in [0.15, 0.2) is 5.78 Å². The maximum atomic E-state index is 12.4. The smallest absolute Gasteiger partial charge is 0.305 e. The Labute approximate surface area is 171 Å². The first-order valence-electron chi connectivity index (χ1n) is 8.76. The minimum absolute atomic E-state index is 0.0179. The van der Waals surface area contributed by atoms with Gasteiger partial charge in [-0.25, -0.2) is 0 Å². The van der Waals surface area contributed by atoms with Gasteiger partial charge >= 0.3 is 5.97 Å². The van der Waals surface area contributed by atoms with Crippen molar-refractivity contribution in [2.45, 2.75) is 19.9 Å². The molecule has 0 atom stereocenters. The van der Waals surface area contributed by atoms with Gasteiger partial charge in [-0.2, -0.15) is 5.10 Å². The second kappa shape index (κ2) is 8.80. The fourth-order valence-corrected chi connectivity index (χ4v) is 2.96. The molecule has 0 unspecified atom stereocenters. The Balaban J connectivity index is 1.90. The summed E-state index contributed by atoms with van der Waals surface area (Å²) < 4.78 is 2.52. The van der Waals surface area contributed by atoms with Crippen molar-refractivity contribution in [3.8, 4) is 11.3 Å². The van der Waals surface area contributed by atoms with Gasteiger partial charge in [-0.15, -0.1) is 0 Å². The standard InChI is InChI=1S/C22H19BrN2O3/c1-15-2-4-17(5-3-15)22-18(14-25(24-22)13-12-21(27)28)8-11-20(26)16-6-9-19(23)10-7-16/h2-11,14H,12-13H2,1H3,(H,27,28)/b11-8+.